The third kappa shape index (κ3) is 2.48. The van der Waals surface area contributed by atoms with E-state index in [9.17, 15) is 8.78 Å². The summed E-state index contributed by atoms with van der Waals surface area (Å²) in [5.41, 5.74) is 6.30. The molecule has 0 amide bonds. The quantitative estimate of drug-likeness (QED) is 0.883. The molecule has 1 aromatic rings. The zero-order chi connectivity index (χ0) is 12.4. The maximum atomic E-state index is 13.6. The van der Waals surface area contributed by atoms with Crippen LogP contribution in [0.1, 0.15) is 31.4 Å². The van der Waals surface area contributed by atoms with Crippen molar-refractivity contribution >= 4 is 0 Å². The minimum Gasteiger partial charge on any atom is -0.378 e. The van der Waals surface area contributed by atoms with Crippen molar-refractivity contribution in [1.82, 2.24) is 0 Å². The molecule has 94 valence electrons. The number of hydrogen-bond acceptors (Lipinski definition) is 2. The standard InChI is InChI=1S/C13H17F2NO/c1-2-12-9(5-6-17-12)13(16)10-7-8(14)3-4-11(10)15/h3-4,7,9,12-13H,2,5-6,16H2,1H3. The predicted molar refractivity (Wildman–Crippen MR) is 61.4 cm³/mol. The van der Waals surface area contributed by atoms with Crippen LogP contribution in [0, 0.1) is 17.6 Å². The smallest absolute Gasteiger partial charge is 0.128 e. The minimum absolute atomic E-state index is 0.0488. The van der Waals surface area contributed by atoms with E-state index < -0.39 is 17.7 Å². The van der Waals surface area contributed by atoms with Crippen LogP contribution in [0.4, 0.5) is 8.78 Å². The largest absolute Gasteiger partial charge is 0.378 e. The average molecular weight is 241 g/mol. The molecule has 0 radical (unpaired) electrons. The Morgan fingerprint density at radius 3 is 2.94 bits per heavy atom. The van der Waals surface area contributed by atoms with E-state index in [0.717, 1.165) is 25.0 Å². The van der Waals surface area contributed by atoms with E-state index in [-0.39, 0.29) is 17.6 Å². The van der Waals surface area contributed by atoms with Crippen molar-refractivity contribution in [2.75, 3.05) is 6.61 Å². The number of benzene rings is 1. The summed E-state index contributed by atoms with van der Waals surface area (Å²) in [7, 11) is 0. The fourth-order valence-electron chi connectivity index (χ4n) is 2.50. The van der Waals surface area contributed by atoms with Crippen molar-refractivity contribution in [3.63, 3.8) is 0 Å². The zero-order valence-electron chi connectivity index (χ0n) is 9.83. The first-order valence-corrected chi connectivity index (χ1v) is 5.95. The molecule has 1 saturated heterocycles. The maximum Gasteiger partial charge on any atom is 0.128 e. The van der Waals surface area contributed by atoms with Crippen LogP contribution in [0.25, 0.3) is 0 Å². The van der Waals surface area contributed by atoms with Crippen LogP contribution < -0.4 is 5.73 Å². The molecule has 1 aliphatic rings. The van der Waals surface area contributed by atoms with E-state index in [4.69, 9.17) is 10.5 Å². The Hall–Kier alpha value is -1.00. The monoisotopic (exact) mass is 241 g/mol. The minimum atomic E-state index is -0.502. The van der Waals surface area contributed by atoms with E-state index >= 15 is 0 Å². The van der Waals surface area contributed by atoms with E-state index in [1.54, 1.807) is 0 Å². The first-order chi connectivity index (χ1) is 8.13. The van der Waals surface area contributed by atoms with Crippen molar-refractivity contribution < 1.29 is 13.5 Å². The van der Waals surface area contributed by atoms with Gasteiger partial charge in [-0.2, -0.15) is 0 Å². The van der Waals surface area contributed by atoms with Gasteiger partial charge in [0.2, 0.25) is 0 Å². The predicted octanol–water partition coefficient (Wildman–Crippen LogP) is 2.78. The van der Waals surface area contributed by atoms with E-state index in [2.05, 4.69) is 0 Å². The highest BCUT2D eigenvalue weighted by Crippen LogP contribution is 2.34. The van der Waals surface area contributed by atoms with Crippen LogP contribution in [0.15, 0.2) is 18.2 Å². The molecule has 1 heterocycles. The van der Waals surface area contributed by atoms with Gasteiger partial charge < -0.3 is 10.5 Å². The number of halogens is 2. The first kappa shape index (κ1) is 12.5. The molecule has 0 bridgehead atoms. The molecule has 0 spiro atoms. The topological polar surface area (TPSA) is 35.2 Å². The Balaban J connectivity index is 2.24. The zero-order valence-corrected chi connectivity index (χ0v) is 9.83. The molecule has 3 atom stereocenters. The summed E-state index contributed by atoms with van der Waals surface area (Å²) >= 11 is 0. The molecule has 0 saturated carbocycles. The van der Waals surface area contributed by atoms with Gasteiger partial charge in [-0.25, -0.2) is 8.78 Å². The number of hydrogen-bond donors (Lipinski definition) is 1. The summed E-state index contributed by atoms with van der Waals surface area (Å²) < 4.78 is 32.3. The number of ether oxygens (including phenoxy) is 1. The summed E-state index contributed by atoms with van der Waals surface area (Å²) in [4.78, 5) is 0. The summed E-state index contributed by atoms with van der Waals surface area (Å²) in [6.07, 6.45) is 1.69. The lowest BCUT2D eigenvalue weighted by Crippen LogP contribution is -2.28. The van der Waals surface area contributed by atoms with Crippen LogP contribution in [-0.2, 0) is 4.74 Å². The van der Waals surface area contributed by atoms with Crippen LogP contribution in [0.3, 0.4) is 0 Å². The summed E-state index contributed by atoms with van der Waals surface area (Å²) in [6.45, 7) is 2.66. The van der Waals surface area contributed by atoms with Crippen molar-refractivity contribution in [2.24, 2.45) is 11.7 Å². The van der Waals surface area contributed by atoms with Gasteiger partial charge in [0.25, 0.3) is 0 Å². The van der Waals surface area contributed by atoms with Crippen LogP contribution >= 0.6 is 0 Å². The Morgan fingerprint density at radius 1 is 1.47 bits per heavy atom. The van der Waals surface area contributed by atoms with Gasteiger partial charge in [-0.3, -0.25) is 0 Å². The lowest BCUT2D eigenvalue weighted by molar-refractivity contribution is 0.0810. The fourth-order valence-corrected chi connectivity index (χ4v) is 2.50. The first-order valence-electron chi connectivity index (χ1n) is 5.95. The van der Waals surface area contributed by atoms with Crippen LogP contribution in [0.5, 0.6) is 0 Å². The van der Waals surface area contributed by atoms with Crippen LogP contribution in [0.2, 0.25) is 0 Å². The van der Waals surface area contributed by atoms with E-state index in [0.29, 0.717) is 6.61 Å². The van der Waals surface area contributed by atoms with Crippen molar-refractivity contribution in [3.05, 3.63) is 35.4 Å². The second-order valence-electron chi connectivity index (χ2n) is 4.46. The molecular weight excluding hydrogens is 224 g/mol. The van der Waals surface area contributed by atoms with Gasteiger partial charge in [-0.15, -0.1) is 0 Å². The third-order valence-corrected chi connectivity index (χ3v) is 3.44. The summed E-state index contributed by atoms with van der Waals surface area (Å²) in [6, 6.07) is 2.92. The lowest BCUT2D eigenvalue weighted by atomic mass is 9.87. The summed E-state index contributed by atoms with van der Waals surface area (Å²) in [5.74, 6) is -0.833. The van der Waals surface area contributed by atoms with Gasteiger partial charge in [0.15, 0.2) is 0 Å². The Kier molecular flexibility index (Phi) is 3.74. The van der Waals surface area contributed by atoms with E-state index in [1.165, 1.54) is 6.07 Å². The molecule has 2 rings (SSSR count). The van der Waals surface area contributed by atoms with Crippen LogP contribution in [-0.4, -0.2) is 12.7 Å². The van der Waals surface area contributed by atoms with Gasteiger partial charge >= 0.3 is 0 Å². The second kappa shape index (κ2) is 5.10. The van der Waals surface area contributed by atoms with E-state index in [1.807, 2.05) is 6.92 Å². The lowest BCUT2D eigenvalue weighted by Gasteiger charge is -2.24. The Labute approximate surface area is 99.8 Å². The van der Waals surface area contributed by atoms with Gasteiger partial charge in [-0.1, -0.05) is 6.92 Å². The summed E-state index contributed by atoms with van der Waals surface area (Å²) in [5, 5.41) is 0. The highest BCUT2D eigenvalue weighted by Gasteiger charge is 2.33. The normalized spacial score (nSPS) is 26.1. The molecule has 1 aliphatic heterocycles. The van der Waals surface area contributed by atoms with Crippen molar-refractivity contribution in [2.45, 2.75) is 31.9 Å². The molecule has 1 fully saturated rings. The highest BCUT2D eigenvalue weighted by atomic mass is 19.1. The van der Waals surface area contributed by atoms with Gasteiger partial charge in [0.1, 0.15) is 11.6 Å². The molecule has 2 nitrogen and oxygen atoms in total. The third-order valence-electron chi connectivity index (χ3n) is 3.44. The van der Waals surface area contributed by atoms with Gasteiger partial charge in [0.05, 0.1) is 6.10 Å². The molecule has 4 heteroatoms. The molecule has 0 aromatic heterocycles. The van der Waals surface area contributed by atoms with Crippen molar-refractivity contribution in [3.8, 4) is 0 Å². The average Bonchev–Trinajstić information content (AvgIpc) is 2.79. The Morgan fingerprint density at radius 2 is 2.24 bits per heavy atom. The molecule has 3 unspecified atom stereocenters. The van der Waals surface area contributed by atoms with Gasteiger partial charge in [-0.05, 0) is 31.0 Å². The molecule has 2 N–H and O–H groups in total. The highest BCUT2D eigenvalue weighted by molar-refractivity contribution is 5.23. The molecule has 0 aliphatic carbocycles. The molecule has 1 aromatic carbocycles. The molecular formula is C13H17F2NO. The number of nitrogens with two attached hydrogens (primary N) is 1. The number of rotatable bonds is 3. The SMILES string of the molecule is CCC1OCCC1C(N)c1cc(F)ccc1F. The second-order valence-corrected chi connectivity index (χ2v) is 4.46. The fraction of sp³-hybridized carbons (Fsp3) is 0.538. The van der Waals surface area contributed by atoms with Crippen molar-refractivity contribution in [1.29, 1.82) is 0 Å². The van der Waals surface area contributed by atoms with Gasteiger partial charge in [0, 0.05) is 24.1 Å². The maximum absolute atomic E-state index is 13.6. The Bertz CT molecular complexity index is 397. The molecule has 17 heavy (non-hydrogen) atoms.